The van der Waals surface area contributed by atoms with E-state index < -0.39 is 0 Å². The smallest absolute Gasteiger partial charge is 0.307 e. The van der Waals surface area contributed by atoms with Gasteiger partial charge in [0.1, 0.15) is 0 Å². The Labute approximate surface area is 78.4 Å². The van der Waals surface area contributed by atoms with Crippen LogP contribution in [0.2, 0.25) is 0 Å². The van der Waals surface area contributed by atoms with Gasteiger partial charge < -0.3 is 4.74 Å². The molecule has 3 aliphatic rings. The first-order valence-electron chi connectivity index (χ1n) is 4.83. The summed E-state index contributed by atoms with van der Waals surface area (Å²) in [7, 11) is 1.46. The van der Waals surface area contributed by atoms with Crippen LogP contribution >= 0.6 is 0 Å². The largest absolute Gasteiger partial charge is 0.469 e. The van der Waals surface area contributed by atoms with E-state index in [0.717, 1.165) is 32.7 Å². The van der Waals surface area contributed by atoms with Crippen LogP contribution in [0.5, 0.6) is 0 Å². The van der Waals surface area contributed by atoms with E-state index in [-0.39, 0.29) is 5.97 Å². The van der Waals surface area contributed by atoms with Crippen molar-refractivity contribution in [3.8, 4) is 0 Å². The van der Waals surface area contributed by atoms with Crippen LogP contribution < -0.4 is 0 Å². The number of nitrogens with zero attached hydrogens (tertiary/aromatic N) is 2. The van der Waals surface area contributed by atoms with Crippen LogP contribution in [0.4, 0.5) is 0 Å². The Balaban J connectivity index is 1.90. The van der Waals surface area contributed by atoms with Crippen LogP contribution in [-0.2, 0) is 9.53 Å². The van der Waals surface area contributed by atoms with E-state index in [1.165, 1.54) is 7.11 Å². The zero-order chi connectivity index (χ0) is 9.26. The molecule has 13 heavy (non-hydrogen) atoms. The average Bonchev–Trinajstić information content (AvgIpc) is 2.19. The predicted molar refractivity (Wildman–Crippen MR) is 48.4 cm³/mol. The van der Waals surface area contributed by atoms with Crippen LogP contribution in [0, 0.1) is 0 Å². The highest BCUT2D eigenvalue weighted by Crippen LogP contribution is 2.17. The molecule has 2 bridgehead atoms. The zero-order valence-electron chi connectivity index (χ0n) is 8.03. The number of carbonyl (C=O) groups is 1. The minimum absolute atomic E-state index is 0.0845. The maximum Gasteiger partial charge on any atom is 0.307 e. The highest BCUT2D eigenvalue weighted by molar-refractivity contribution is 5.70. The molecule has 3 heterocycles. The first-order chi connectivity index (χ1) is 6.29. The summed E-state index contributed by atoms with van der Waals surface area (Å²) in [5.74, 6) is -0.0845. The van der Waals surface area contributed by atoms with Gasteiger partial charge in [-0.25, -0.2) is 0 Å². The van der Waals surface area contributed by atoms with Gasteiger partial charge >= 0.3 is 5.97 Å². The standard InChI is InChI=1S/C9H16N2O2/c1-13-9(12)6-8-7-10-2-4-11(8)5-3-10/h8H,2-7H2,1H3. The predicted octanol–water partition coefficient (Wildman–Crippen LogP) is -0.451. The number of methoxy groups -OCH3 is 1. The third-order valence-electron chi connectivity index (χ3n) is 3.02. The van der Waals surface area contributed by atoms with Crippen LogP contribution in [-0.4, -0.2) is 61.6 Å². The van der Waals surface area contributed by atoms with Gasteiger partial charge in [0.25, 0.3) is 0 Å². The molecule has 3 fully saturated rings. The molecule has 0 amide bonds. The van der Waals surface area contributed by atoms with E-state index >= 15 is 0 Å². The molecule has 0 radical (unpaired) electrons. The van der Waals surface area contributed by atoms with Crippen molar-refractivity contribution < 1.29 is 9.53 Å². The van der Waals surface area contributed by atoms with Crippen LogP contribution in [0.15, 0.2) is 0 Å². The quantitative estimate of drug-likeness (QED) is 0.544. The lowest BCUT2D eigenvalue weighted by molar-refractivity contribution is -0.143. The Kier molecular flexibility index (Phi) is 2.51. The lowest BCUT2D eigenvalue weighted by Gasteiger charge is -2.47. The fourth-order valence-corrected chi connectivity index (χ4v) is 2.19. The van der Waals surface area contributed by atoms with Gasteiger partial charge in [0.15, 0.2) is 0 Å². The molecule has 3 saturated heterocycles. The number of carbonyl (C=O) groups excluding carboxylic acids is 1. The van der Waals surface area contributed by atoms with E-state index in [1.54, 1.807) is 0 Å². The maximum absolute atomic E-state index is 11.1. The highest BCUT2D eigenvalue weighted by Gasteiger charge is 2.32. The Bertz CT molecular complexity index is 200. The molecule has 4 nitrogen and oxygen atoms in total. The lowest BCUT2D eigenvalue weighted by atomic mass is 10.1. The van der Waals surface area contributed by atoms with Crippen molar-refractivity contribution >= 4 is 5.97 Å². The van der Waals surface area contributed by atoms with Gasteiger partial charge in [0.05, 0.1) is 13.5 Å². The molecule has 0 aromatic carbocycles. The lowest BCUT2D eigenvalue weighted by Crippen LogP contribution is -2.61. The Morgan fingerprint density at radius 1 is 1.38 bits per heavy atom. The molecule has 3 rings (SSSR count). The Hall–Kier alpha value is -0.610. The monoisotopic (exact) mass is 184 g/mol. The molecule has 0 spiro atoms. The maximum atomic E-state index is 11.1. The number of hydrogen-bond donors (Lipinski definition) is 0. The van der Waals surface area contributed by atoms with Gasteiger partial charge in [-0.1, -0.05) is 0 Å². The molecule has 74 valence electrons. The highest BCUT2D eigenvalue weighted by atomic mass is 16.5. The molecule has 0 aromatic rings. The summed E-state index contributed by atoms with van der Waals surface area (Å²) in [6, 6.07) is 0.398. The first-order valence-corrected chi connectivity index (χ1v) is 4.83. The molecule has 0 aliphatic carbocycles. The van der Waals surface area contributed by atoms with Crippen molar-refractivity contribution in [2.45, 2.75) is 12.5 Å². The van der Waals surface area contributed by atoms with Gasteiger partial charge in [0, 0.05) is 38.8 Å². The summed E-state index contributed by atoms with van der Waals surface area (Å²) in [5, 5.41) is 0. The number of hydrogen-bond acceptors (Lipinski definition) is 4. The van der Waals surface area contributed by atoms with E-state index in [0.29, 0.717) is 12.5 Å². The summed E-state index contributed by atoms with van der Waals surface area (Å²) in [5.41, 5.74) is 0. The number of piperazine rings is 3. The van der Waals surface area contributed by atoms with Gasteiger partial charge in [-0.05, 0) is 0 Å². The minimum atomic E-state index is -0.0845. The third kappa shape index (κ3) is 1.84. The van der Waals surface area contributed by atoms with Gasteiger partial charge in [-0.15, -0.1) is 0 Å². The van der Waals surface area contributed by atoms with E-state index in [4.69, 9.17) is 0 Å². The molecule has 0 N–H and O–H groups in total. The molecule has 0 aromatic heterocycles. The minimum Gasteiger partial charge on any atom is -0.469 e. The fraction of sp³-hybridized carbons (Fsp3) is 0.889. The van der Waals surface area contributed by atoms with E-state index in [9.17, 15) is 4.79 Å². The summed E-state index contributed by atoms with van der Waals surface area (Å²) < 4.78 is 4.68. The molecule has 4 heteroatoms. The van der Waals surface area contributed by atoms with Crippen LogP contribution in [0.1, 0.15) is 6.42 Å². The number of fused-ring (bicyclic) bond motifs is 3. The summed E-state index contributed by atoms with van der Waals surface area (Å²) in [4.78, 5) is 15.9. The van der Waals surface area contributed by atoms with E-state index in [1.807, 2.05) is 0 Å². The molecule has 3 aliphatic heterocycles. The molecule has 1 unspecified atom stereocenters. The van der Waals surface area contributed by atoms with Gasteiger partial charge in [-0.3, -0.25) is 14.6 Å². The van der Waals surface area contributed by atoms with Crippen molar-refractivity contribution in [1.82, 2.24) is 9.80 Å². The van der Waals surface area contributed by atoms with Crippen LogP contribution in [0.3, 0.4) is 0 Å². The SMILES string of the molecule is COC(=O)CC1CN2CCN1CC2. The molecule has 0 saturated carbocycles. The second-order valence-corrected chi connectivity index (χ2v) is 3.77. The molecular weight excluding hydrogens is 168 g/mol. The van der Waals surface area contributed by atoms with Crippen LogP contribution in [0.25, 0.3) is 0 Å². The second kappa shape index (κ2) is 3.64. The topological polar surface area (TPSA) is 32.8 Å². The average molecular weight is 184 g/mol. The van der Waals surface area contributed by atoms with E-state index in [2.05, 4.69) is 14.5 Å². The third-order valence-corrected chi connectivity index (χ3v) is 3.02. The summed E-state index contributed by atoms with van der Waals surface area (Å²) in [6.07, 6.45) is 0.549. The first kappa shape index (κ1) is 8.97. The zero-order valence-corrected chi connectivity index (χ0v) is 8.03. The normalized spacial score (nSPS) is 37.5. The Morgan fingerprint density at radius 3 is 2.54 bits per heavy atom. The summed E-state index contributed by atoms with van der Waals surface area (Å²) in [6.45, 7) is 5.59. The van der Waals surface area contributed by atoms with Gasteiger partial charge in [0.2, 0.25) is 0 Å². The second-order valence-electron chi connectivity index (χ2n) is 3.77. The summed E-state index contributed by atoms with van der Waals surface area (Å²) >= 11 is 0. The van der Waals surface area contributed by atoms with Crippen molar-refractivity contribution in [2.24, 2.45) is 0 Å². The number of ether oxygens (including phenoxy) is 1. The van der Waals surface area contributed by atoms with Gasteiger partial charge in [-0.2, -0.15) is 0 Å². The number of rotatable bonds is 2. The number of esters is 1. The van der Waals surface area contributed by atoms with Crippen molar-refractivity contribution in [3.63, 3.8) is 0 Å². The van der Waals surface area contributed by atoms with Crippen molar-refractivity contribution in [1.29, 1.82) is 0 Å². The fourth-order valence-electron chi connectivity index (χ4n) is 2.19. The molecular formula is C9H16N2O2. The van der Waals surface area contributed by atoms with Crippen molar-refractivity contribution in [2.75, 3.05) is 39.8 Å². The molecule has 1 atom stereocenters. The Morgan fingerprint density at radius 2 is 2.08 bits per heavy atom. The van der Waals surface area contributed by atoms with Crippen molar-refractivity contribution in [3.05, 3.63) is 0 Å².